The molecule has 1 saturated heterocycles. The molecule has 0 aromatic rings. The Morgan fingerprint density at radius 1 is 1.26 bits per heavy atom. The van der Waals surface area contributed by atoms with E-state index in [1.54, 1.807) is 0 Å². The van der Waals surface area contributed by atoms with Crippen molar-refractivity contribution in [3.8, 4) is 0 Å². The van der Waals surface area contributed by atoms with Crippen LogP contribution in [0.1, 0.15) is 39.5 Å². The maximum absolute atomic E-state index is 12.2. The Balaban J connectivity index is 1.83. The van der Waals surface area contributed by atoms with Crippen molar-refractivity contribution < 1.29 is 4.79 Å². The van der Waals surface area contributed by atoms with Crippen LogP contribution in [0.15, 0.2) is 0 Å². The molecule has 0 radical (unpaired) electrons. The summed E-state index contributed by atoms with van der Waals surface area (Å²) in [7, 11) is 1.91. The maximum Gasteiger partial charge on any atom is 0.236 e. The van der Waals surface area contributed by atoms with Gasteiger partial charge in [-0.25, -0.2) is 0 Å². The van der Waals surface area contributed by atoms with Crippen molar-refractivity contribution in [2.45, 2.75) is 51.6 Å². The fourth-order valence-electron chi connectivity index (χ4n) is 2.68. The van der Waals surface area contributed by atoms with E-state index >= 15 is 0 Å². The minimum Gasteiger partial charge on any atom is -0.342 e. The minimum atomic E-state index is 0.258. The maximum atomic E-state index is 12.2. The lowest BCUT2D eigenvalue weighted by molar-refractivity contribution is -0.132. The van der Waals surface area contributed by atoms with E-state index in [1.165, 1.54) is 25.7 Å². The molecule has 4 nitrogen and oxygen atoms in total. The van der Waals surface area contributed by atoms with E-state index in [0.717, 1.165) is 25.6 Å². The van der Waals surface area contributed by atoms with Gasteiger partial charge in [0.1, 0.15) is 0 Å². The van der Waals surface area contributed by atoms with Gasteiger partial charge in [-0.1, -0.05) is 0 Å². The third-order valence-electron chi connectivity index (χ3n) is 4.38. The first-order chi connectivity index (χ1) is 9.06. The van der Waals surface area contributed by atoms with Crippen LogP contribution in [0, 0.1) is 5.92 Å². The Morgan fingerprint density at radius 3 is 2.53 bits per heavy atom. The van der Waals surface area contributed by atoms with Crippen LogP contribution in [0.2, 0.25) is 0 Å². The average Bonchev–Trinajstić information content (AvgIpc) is 3.02. The first-order valence-corrected chi connectivity index (χ1v) is 7.77. The van der Waals surface area contributed by atoms with E-state index in [-0.39, 0.29) is 5.91 Å². The predicted octanol–water partition coefficient (Wildman–Crippen LogP) is 1.32. The molecule has 2 rings (SSSR count). The second-order valence-corrected chi connectivity index (χ2v) is 6.53. The Morgan fingerprint density at radius 2 is 2.00 bits per heavy atom. The highest BCUT2D eigenvalue weighted by molar-refractivity contribution is 5.78. The van der Waals surface area contributed by atoms with Crippen LogP contribution < -0.4 is 5.32 Å². The summed E-state index contributed by atoms with van der Waals surface area (Å²) in [6.07, 6.45) is 5.24. The first-order valence-electron chi connectivity index (χ1n) is 7.77. The van der Waals surface area contributed by atoms with Crippen molar-refractivity contribution >= 4 is 5.91 Å². The molecule has 1 aliphatic heterocycles. The first kappa shape index (κ1) is 14.8. The zero-order valence-electron chi connectivity index (χ0n) is 12.7. The molecule has 2 fully saturated rings. The van der Waals surface area contributed by atoms with Crippen LogP contribution >= 0.6 is 0 Å². The molecule has 1 unspecified atom stereocenters. The fourth-order valence-corrected chi connectivity index (χ4v) is 2.68. The number of carbonyl (C=O) groups excluding carboxylic acids is 1. The van der Waals surface area contributed by atoms with Crippen molar-refractivity contribution in [3.63, 3.8) is 0 Å². The highest BCUT2D eigenvalue weighted by Gasteiger charge is 2.28. The lowest BCUT2D eigenvalue weighted by atomic mass is 10.2. The monoisotopic (exact) mass is 267 g/mol. The quantitative estimate of drug-likeness (QED) is 0.755. The molecule has 4 heteroatoms. The number of likely N-dealkylation sites (N-methyl/N-ethyl adjacent to an activating group) is 1. The number of hydrogen-bond acceptors (Lipinski definition) is 3. The third kappa shape index (κ3) is 4.77. The van der Waals surface area contributed by atoms with Gasteiger partial charge in [-0.2, -0.15) is 0 Å². The van der Waals surface area contributed by atoms with Gasteiger partial charge in [0.15, 0.2) is 0 Å². The second kappa shape index (κ2) is 6.71. The molecule has 0 bridgehead atoms. The molecule has 2 aliphatic rings. The number of hydrogen-bond donors (Lipinski definition) is 1. The molecular weight excluding hydrogens is 238 g/mol. The standard InChI is InChI=1S/C15H29N3O/c1-12(2)17(3)15(19)11-18(9-13-6-7-13)10-14-5-4-8-16-14/h12-14,16H,4-11H2,1-3H3. The Bertz CT molecular complexity index is 296. The molecule has 1 heterocycles. The molecule has 110 valence electrons. The molecule has 1 saturated carbocycles. The van der Waals surface area contributed by atoms with E-state index in [2.05, 4.69) is 24.1 Å². The zero-order chi connectivity index (χ0) is 13.8. The van der Waals surface area contributed by atoms with E-state index in [4.69, 9.17) is 0 Å². The Hall–Kier alpha value is -0.610. The van der Waals surface area contributed by atoms with Crippen molar-refractivity contribution in [3.05, 3.63) is 0 Å². The number of rotatable bonds is 7. The lowest BCUT2D eigenvalue weighted by Crippen LogP contribution is -2.45. The minimum absolute atomic E-state index is 0.258. The number of nitrogens with zero attached hydrogens (tertiary/aromatic N) is 2. The van der Waals surface area contributed by atoms with Gasteiger partial charge in [-0.3, -0.25) is 9.69 Å². The predicted molar refractivity (Wildman–Crippen MR) is 78.1 cm³/mol. The Kier molecular flexibility index (Phi) is 5.22. The van der Waals surface area contributed by atoms with Gasteiger partial charge in [-0.05, 0) is 52.0 Å². The van der Waals surface area contributed by atoms with E-state index in [0.29, 0.717) is 18.6 Å². The lowest BCUT2D eigenvalue weighted by Gasteiger charge is -2.29. The SMILES string of the molecule is CC(C)N(C)C(=O)CN(CC1CC1)CC1CCCN1. The number of amides is 1. The highest BCUT2D eigenvalue weighted by Crippen LogP contribution is 2.29. The summed E-state index contributed by atoms with van der Waals surface area (Å²) in [4.78, 5) is 16.5. The van der Waals surface area contributed by atoms with Crippen LogP contribution in [-0.4, -0.2) is 61.0 Å². The van der Waals surface area contributed by atoms with Gasteiger partial charge < -0.3 is 10.2 Å². The molecule has 1 N–H and O–H groups in total. The van der Waals surface area contributed by atoms with Crippen molar-refractivity contribution in [2.24, 2.45) is 5.92 Å². The molecule has 1 atom stereocenters. The van der Waals surface area contributed by atoms with Crippen LogP contribution in [0.5, 0.6) is 0 Å². The molecule has 19 heavy (non-hydrogen) atoms. The van der Waals surface area contributed by atoms with Gasteiger partial charge in [0.05, 0.1) is 6.54 Å². The number of carbonyl (C=O) groups is 1. The highest BCUT2D eigenvalue weighted by atomic mass is 16.2. The van der Waals surface area contributed by atoms with Gasteiger partial charge in [-0.15, -0.1) is 0 Å². The average molecular weight is 267 g/mol. The zero-order valence-corrected chi connectivity index (χ0v) is 12.7. The summed E-state index contributed by atoms with van der Waals surface area (Å²) >= 11 is 0. The van der Waals surface area contributed by atoms with E-state index in [9.17, 15) is 4.79 Å². The number of nitrogens with one attached hydrogen (secondary N) is 1. The molecule has 0 spiro atoms. The normalized spacial score (nSPS) is 23.3. The van der Waals surface area contributed by atoms with Gasteiger partial charge in [0.2, 0.25) is 5.91 Å². The van der Waals surface area contributed by atoms with E-state index < -0.39 is 0 Å². The van der Waals surface area contributed by atoms with Gasteiger partial charge in [0, 0.05) is 32.2 Å². The van der Waals surface area contributed by atoms with Crippen molar-refractivity contribution in [1.82, 2.24) is 15.1 Å². The molecular formula is C15H29N3O. The summed E-state index contributed by atoms with van der Waals surface area (Å²) in [6.45, 7) is 8.01. The second-order valence-electron chi connectivity index (χ2n) is 6.53. The van der Waals surface area contributed by atoms with Crippen LogP contribution in [0.25, 0.3) is 0 Å². The van der Waals surface area contributed by atoms with Crippen molar-refractivity contribution in [2.75, 3.05) is 33.2 Å². The van der Waals surface area contributed by atoms with Gasteiger partial charge >= 0.3 is 0 Å². The smallest absolute Gasteiger partial charge is 0.236 e. The topological polar surface area (TPSA) is 35.6 Å². The molecule has 1 aliphatic carbocycles. The summed E-state index contributed by atoms with van der Waals surface area (Å²) in [6, 6.07) is 0.885. The van der Waals surface area contributed by atoms with Crippen molar-refractivity contribution in [1.29, 1.82) is 0 Å². The third-order valence-corrected chi connectivity index (χ3v) is 4.38. The fraction of sp³-hybridized carbons (Fsp3) is 0.933. The molecule has 1 amide bonds. The summed E-state index contributed by atoms with van der Waals surface area (Å²) in [5, 5.41) is 3.54. The largest absolute Gasteiger partial charge is 0.342 e. The van der Waals surface area contributed by atoms with Crippen LogP contribution in [-0.2, 0) is 4.79 Å². The van der Waals surface area contributed by atoms with Gasteiger partial charge in [0.25, 0.3) is 0 Å². The molecule has 0 aromatic carbocycles. The van der Waals surface area contributed by atoms with Crippen LogP contribution in [0.4, 0.5) is 0 Å². The van der Waals surface area contributed by atoms with E-state index in [1.807, 2.05) is 11.9 Å². The summed E-state index contributed by atoms with van der Waals surface area (Å²) in [5.41, 5.74) is 0. The summed E-state index contributed by atoms with van der Waals surface area (Å²) < 4.78 is 0. The Labute approximate surface area is 117 Å². The summed E-state index contributed by atoms with van der Waals surface area (Å²) in [5.74, 6) is 1.10. The molecule has 0 aromatic heterocycles. The van der Waals surface area contributed by atoms with Crippen LogP contribution in [0.3, 0.4) is 0 Å².